The van der Waals surface area contributed by atoms with E-state index in [0.717, 1.165) is 45.0 Å². The van der Waals surface area contributed by atoms with Crippen molar-refractivity contribution in [2.75, 3.05) is 65.6 Å². The molecule has 0 heterocycles. The summed E-state index contributed by atoms with van der Waals surface area (Å²) in [6, 6.07) is 10.4. The van der Waals surface area contributed by atoms with E-state index in [1.807, 2.05) is 6.07 Å². The van der Waals surface area contributed by atoms with Crippen LogP contribution in [-0.2, 0) is 9.47 Å². The van der Waals surface area contributed by atoms with Crippen molar-refractivity contribution >= 4 is 11.6 Å². The molecule has 0 saturated heterocycles. The van der Waals surface area contributed by atoms with E-state index < -0.39 is 0 Å². The first-order valence-electron chi connectivity index (χ1n) is 8.55. The van der Waals surface area contributed by atoms with Crippen LogP contribution in [0.4, 0.5) is 5.69 Å². The molecule has 0 aliphatic rings. The first-order valence-corrected chi connectivity index (χ1v) is 8.55. The molecule has 0 radical (unpaired) electrons. The van der Waals surface area contributed by atoms with Crippen molar-refractivity contribution < 1.29 is 9.47 Å². The SMILES string of the molecule is CN=C(NCCCOCCOC)NCCCN(C)c1ccccc1. The Hall–Kier alpha value is -1.79. The molecule has 136 valence electrons. The number of para-hydroxylation sites is 1. The second-order valence-corrected chi connectivity index (χ2v) is 5.50. The molecule has 6 heteroatoms. The van der Waals surface area contributed by atoms with E-state index in [1.54, 1.807) is 14.2 Å². The number of hydrogen-bond acceptors (Lipinski definition) is 4. The van der Waals surface area contributed by atoms with Gasteiger partial charge in [-0.15, -0.1) is 0 Å². The number of hydrogen-bond donors (Lipinski definition) is 2. The Kier molecular flexibility index (Phi) is 11.5. The van der Waals surface area contributed by atoms with Gasteiger partial charge in [-0.3, -0.25) is 4.99 Å². The second kappa shape index (κ2) is 13.6. The van der Waals surface area contributed by atoms with Crippen LogP contribution in [0, 0.1) is 0 Å². The van der Waals surface area contributed by atoms with Crippen LogP contribution in [0.25, 0.3) is 0 Å². The van der Waals surface area contributed by atoms with Crippen molar-refractivity contribution in [1.82, 2.24) is 10.6 Å². The maximum atomic E-state index is 5.43. The molecular formula is C18H32N4O2. The minimum atomic E-state index is 0.647. The Balaban J connectivity index is 2.05. The number of anilines is 1. The fourth-order valence-electron chi connectivity index (χ4n) is 2.18. The maximum Gasteiger partial charge on any atom is 0.190 e. The Bertz CT molecular complexity index is 440. The predicted octanol–water partition coefficient (Wildman–Crippen LogP) is 1.73. The van der Waals surface area contributed by atoms with Gasteiger partial charge in [0, 0.05) is 53.1 Å². The first kappa shape index (κ1) is 20.3. The van der Waals surface area contributed by atoms with Crippen molar-refractivity contribution in [3.8, 4) is 0 Å². The smallest absolute Gasteiger partial charge is 0.190 e. The van der Waals surface area contributed by atoms with Crippen LogP contribution >= 0.6 is 0 Å². The van der Waals surface area contributed by atoms with E-state index in [4.69, 9.17) is 9.47 Å². The summed E-state index contributed by atoms with van der Waals surface area (Å²) in [5.74, 6) is 0.842. The predicted molar refractivity (Wildman–Crippen MR) is 101 cm³/mol. The van der Waals surface area contributed by atoms with Gasteiger partial charge in [-0.25, -0.2) is 0 Å². The van der Waals surface area contributed by atoms with Crippen molar-refractivity contribution in [2.45, 2.75) is 12.8 Å². The number of rotatable bonds is 12. The lowest BCUT2D eigenvalue weighted by molar-refractivity contribution is 0.0698. The normalized spacial score (nSPS) is 11.4. The number of nitrogens with one attached hydrogen (secondary N) is 2. The summed E-state index contributed by atoms with van der Waals surface area (Å²) in [4.78, 5) is 6.49. The van der Waals surface area contributed by atoms with Gasteiger partial charge in [-0.2, -0.15) is 0 Å². The van der Waals surface area contributed by atoms with Crippen LogP contribution in [0.1, 0.15) is 12.8 Å². The molecule has 0 aliphatic heterocycles. The van der Waals surface area contributed by atoms with Crippen molar-refractivity contribution in [1.29, 1.82) is 0 Å². The second-order valence-electron chi connectivity index (χ2n) is 5.50. The Morgan fingerprint density at radius 2 is 1.75 bits per heavy atom. The molecular weight excluding hydrogens is 304 g/mol. The monoisotopic (exact) mass is 336 g/mol. The highest BCUT2D eigenvalue weighted by Gasteiger charge is 2.00. The van der Waals surface area contributed by atoms with Gasteiger partial charge in [0.05, 0.1) is 13.2 Å². The summed E-state index contributed by atoms with van der Waals surface area (Å²) in [6.07, 6.45) is 1.99. The highest BCUT2D eigenvalue weighted by atomic mass is 16.5. The fourth-order valence-corrected chi connectivity index (χ4v) is 2.18. The van der Waals surface area contributed by atoms with Crippen LogP contribution in [0.2, 0.25) is 0 Å². The van der Waals surface area contributed by atoms with Crippen LogP contribution in [0.3, 0.4) is 0 Å². The molecule has 0 aliphatic carbocycles. The fraction of sp³-hybridized carbons (Fsp3) is 0.611. The molecule has 0 unspecified atom stereocenters. The Morgan fingerprint density at radius 3 is 2.42 bits per heavy atom. The van der Waals surface area contributed by atoms with Gasteiger partial charge in [-0.1, -0.05) is 18.2 Å². The Labute approximate surface area is 146 Å². The molecule has 24 heavy (non-hydrogen) atoms. The number of nitrogens with zero attached hydrogens (tertiary/aromatic N) is 2. The van der Waals surface area contributed by atoms with Crippen molar-refractivity contribution in [3.05, 3.63) is 30.3 Å². The average molecular weight is 336 g/mol. The molecule has 0 fully saturated rings. The summed E-state index contributed by atoms with van der Waals surface area (Å²) in [5.41, 5.74) is 1.24. The summed E-state index contributed by atoms with van der Waals surface area (Å²) >= 11 is 0. The van der Waals surface area contributed by atoms with E-state index >= 15 is 0 Å². The van der Waals surface area contributed by atoms with E-state index in [9.17, 15) is 0 Å². The molecule has 1 rings (SSSR count). The summed E-state index contributed by atoms with van der Waals surface area (Å²) in [7, 11) is 5.59. The third-order valence-electron chi connectivity index (χ3n) is 3.57. The van der Waals surface area contributed by atoms with Crippen molar-refractivity contribution in [3.63, 3.8) is 0 Å². The van der Waals surface area contributed by atoms with E-state index in [0.29, 0.717) is 13.2 Å². The van der Waals surface area contributed by atoms with Gasteiger partial charge in [0.2, 0.25) is 0 Å². The van der Waals surface area contributed by atoms with E-state index in [1.165, 1.54) is 5.69 Å². The quantitative estimate of drug-likeness (QED) is 0.346. The molecule has 0 bridgehead atoms. The van der Waals surface area contributed by atoms with Gasteiger partial charge < -0.3 is 25.0 Å². The molecule has 2 N–H and O–H groups in total. The van der Waals surface area contributed by atoms with Gasteiger partial charge >= 0.3 is 0 Å². The Morgan fingerprint density at radius 1 is 1.04 bits per heavy atom. The lowest BCUT2D eigenvalue weighted by Gasteiger charge is -2.19. The molecule has 0 saturated carbocycles. The zero-order valence-corrected chi connectivity index (χ0v) is 15.3. The molecule has 6 nitrogen and oxygen atoms in total. The molecule has 0 amide bonds. The molecule has 1 aromatic carbocycles. The highest BCUT2D eigenvalue weighted by molar-refractivity contribution is 5.79. The van der Waals surface area contributed by atoms with E-state index in [2.05, 4.69) is 51.8 Å². The standard InChI is InChI=1S/C18H32N4O2/c1-19-18(21-12-8-14-24-16-15-23-3)20-11-7-13-22(2)17-9-5-4-6-10-17/h4-6,9-10H,7-8,11-16H2,1-3H3,(H2,19,20,21). The lowest BCUT2D eigenvalue weighted by Crippen LogP contribution is -2.39. The number of ether oxygens (including phenoxy) is 2. The average Bonchev–Trinajstić information content (AvgIpc) is 2.63. The topological polar surface area (TPSA) is 58.1 Å². The zero-order valence-electron chi connectivity index (χ0n) is 15.3. The number of aliphatic imine (C=N–C) groups is 1. The van der Waals surface area contributed by atoms with Gasteiger partial charge in [0.15, 0.2) is 5.96 Å². The molecule has 1 aromatic rings. The number of methoxy groups -OCH3 is 1. The van der Waals surface area contributed by atoms with Crippen LogP contribution in [0.5, 0.6) is 0 Å². The number of guanidine groups is 1. The lowest BCUT2D eigenvalue weighted by atomic mass is 10.3. The van der Waals surface area contributed by atoms with Crippen LogP contribution < -0.4 is 15.5 Å². The van der Waals surface area contributed by atoms with Gasteiger partial charge in [0.25, 0.3) is 0 Å². The zero-order chi connectivity index (χ0) is 17.5. The van der Waals surface area contributed by atoms with Crippen molar-refractivity contribution in [2.24, 2.45) is 4.99 Å². The first-order chi connectivity index (χ1) is 11.8. The summed E-state index contributed by atoms with van der Waals surface area (Å²) in [5, 5.41) is 6.63. The van der Waals surface area contributed by atoms with Gasteiger partial charge in [-0.05, 0) is 25.0 Å². The molecule has 0 aromatic heterocycles. The van der Waals surface area contributed by atoms with Crippen LogP contribution in [0.15, 0.2) is 35.3 Å². The van der Waals surface area contributed by atoms with Crippen LogP contribution in [-0.4, -0.2) is 66.6 Å². The third-order valence-corrected chi connectivity index (χ3v) is 3.57. The summed E-state index contributed by atoms with van der Waals surface area (Å²) in [6.45, 7) is 4.76. The minimum absolute atomic E-state index is 0.647. The highest BCUT2D eigenvalue weighted by Crippen LogP contribution is 2.10. The van der Waals surface area contributed by atoms with E-state index in [-0.39, 0.29) is 0 Å². The third kappa shape index (κ3) is 9.37. The summed E-state index contributed by atoms with van der Waals surface area (Å²) < 4.78 is 10.4. The largest absolute Gasteiger partial charge is 0.382 e. The van der Waals surface area contributed by atoms with Gasteiger partial charge in [0.1, 0.15) is 0 Å². The molecule has 0 atom stereocenters. The maximum absolute atomic E-state index is 5.43. The minimum Gasteiger partial charge on any atom is -0.382 e. The molecule has 0 spiro atoms. The number of benzene rings is 1.